The van der Waals surface area contributed by atoms with Crippen LogP contribution in [0.2, 0.25) is 0 Å². The summed E-state index contributed by atoms with van der Waals surface area (Å²) in [7, 11) is 1.28. The lowest BCUT2D eigenvalue weighted by atomic mass is 10.2. The number of rotatable bonds is 4. The van der Waals surface area contributed by atoms with Crippen molar-refractivity contribution in [3.63, 3.8) is 0 Å². The molecule has 0 unspecified atom stereocenters. The van der Waals surface area contributed by atoms with Crippen LogP contribution in [0.15, 0.2) is 29.1 Å². The first-order chi connectivity index (χ1) is 11.6. The fraction of sp³-hybridized carbons (Fsp3) is 0.375. The van der Waals surface area contributed by atoms with Crippen LogP contribution < -0.4 is 10.6 Å². The topological polar surface area (TPSA) is 81.4 Å². The van der Waals surface area contributed by atoms with E-state index in [1.165, 1.54) is 19.2 Å². The van der Waals surface area contributed by atoms with Crippen molar-refractivity contribution < 1.29 is 13.9 Å². The summed E-state index contributed by atoms with van der Waals surface area (Å²) in [4.78, 5) is 32.6. The summed E-state index contributed by atoms with van der Waals surface area (Å²) in [6.45, 7) is 3.57. The van der Waals surface area contributed by atoms with Crippen LogP contribution in [0.1, 0.15) is 16.2 Å². The third kappa shape index (κ3) is 3.48. The maximum atomic E-state index is 13.0. The number of aromatic nitrogens is 2. The summed E-state index contributed by atoms with van der Waals surface area (Å²) in [5.41, 5.74) is 1.27. The highest BCUT2D eigenvalue weighted by atomic mass is 19.1. The summed E-state index contributed by atoms with van der Waals surface area (Å²) < 4.78 is 17.7. The minimum atomic E-state index is -0.562. The number of imidazole rings is 1. The van der Waals surface area contributed by atoms with Gasteiger partial charge in [-0.05, 0) is 24.3 Å². The molecular formula is C16H19FN4O3. The Bertz CT molecular complexity index is 760. The van der Waals surface area contributed by atoms with E-state index < -0.39 is 11.7 Å². The van der Waals surface area contributed by atoms with Crippen molar-refractivity contribution in [1.29, 1.82) is 0 Å². The van der Waals surface area contributed by atoms with Crippen molar-refractivity contribution in [2.75, 3.05) is 38.2 Å². The highest BCUT2D eigenvalue weighted by Crippen LogP contribution is 2.18. The van der Waals surface area contributed by atoms with Gasteiger partial charge in [-0.25, -0.2) is 14.0 Å². The molecule has 7 nitrogen and oxygen atoms in total. The summed E-state index contributed by atoms with van der Waals surface area (Å²) in [6.07, 6.45) is 0. The molecule has 2 N–H and O–H groups in total. The lowest BCUT2D eigenvalue weighted by molar-refractivity contribution is 0.0591. The molecule has 1 aliphatic heterocycles. The second-order valence-corrected chi connectivity index (χ2v) is 5.66. The Morgan fingerprint density at radius 3 is 2.46 bits per heavy atom. The maximum absolute atomic E-state index is 13.0. The second kappa shape index (κ2) is 6.88. The first-order valence-electron chi connectivity index (χ1n) is 7.69. The fourth-order valence-electron chi connectivity index (χ4n) is 2.85. The van der Waals surface area contributed by atoms with Gasteiger partial charge in [0, 0.05) is 38.4 Å². The number of halogens is 1. The number of esters is 1. The number of nitrogens with one attached hydrogen (secondary N) is 2. The highest BCUT2D eigenvalue weighted by Gasteiger charge is 2.22. The molecule has 1 saturated heterocycles. The molecule has 0 spiro atoms. The summed E-state index contributed by atoms with van der Waals surface area (Å²) in [6, 6.07) is 6.44. The molecule has 1 fully saturated rings. The first-order valence-corrected chi connectivity index (χ1v) is 7.69. The molecule has 3 rings (SSSR count). The molecule has 0 amide bonds. The third-order valence-corrected chi connectivity index (χ3v) is 4.14. The number of ether oxygens (including phenoxy) is 1. The van der Waals surface area contributed by atoms with E-state index in [9.17, 15) is 14.0 Å². The van der Waals surface area contributed by atoms with Gasteiger partial charge in [0.1, 0.15) is 11.5 Å². The van der Waals surface area contributed by atoms with Crippen molar-refractivity contribution in [2.45, 2.75) is 6.54 Å². The number of piperazine rings is 1. The van der Waals surface area contributed by atoms with Crippen LogP contribution in [0.3, 0.4) is 0 Å². The number of carbonyl (C=O) groups excluding carboxylic acids is 1. The van der Waals surface area contributed by atoms with Gasteiger partial charge in [0.15, 0.2) is 0 Å². The van der Waals surface area contributed by atoms with E-state index >= 15 is 0 Å². The van der Waals surface area contributed by atoms with Gasteiger partial charge in [0.05, 0.1) is 12.8 Å². The number of carbonyl (C=O) groups is 1. The van der Waals surface area contributed by atoms with Gasteiger partial charge >= 0.3 is 11.7 Å². The molecule has 8 heteroatoms. The van der Waals surface area contributed by atoms with E-state index in [1.54, 1.807) is 12.1 Å². The van der Waals surface area contributed by atoms with E-state index in [4.69, 9.17) is 0 Å². The van der Waals surface area contributed by atoms with E-state index in [2.05, 4.69) is 24.5 Å². The predicted molar refractivity (Wildman–Crippen MR) is 86.6 cm³/mol. The van der Waals surface area contributed by atoms with Crippen LogP contribution in [0.4, 0.5) is 10.1 Å². The predicted octanol–water partition coefficient (Wildman–Crippen LogP) is 0.951. The van der Waals surface area contributed by atoms with Crippen LogP contribution in [-0.4, -0.2) is 54.1 Å². The molecule has 0 bridgehead atoms. The van der Waals surface area contributed by atoms with E-state index in [0.717, 1.165) is 31.9 Å². The number of hydrogen-bond donors (Lipinski definition) is 2. The molecule has 0 aliphatic carbocycles. The lowest BCUT2D eigenvalue weighted by Gasteiger charge is -2.36. The smallest absolute Gasteiger partial charge is 0.356 e. The van der Waals surface area contributed by atoms with Crippen LogP contribution in [-0.2, 0) is 11.3 Å². The monoisotopic (exact) mass is 334 g/mol. The largest absolute Gasteiger partial charge is 0.464 e. The molecule has 1 aliphatic rings. The Balaban J connectivity index is 1.62. The quantitative estimate of drug-likeness (QED) is 0.814. The summed E-state index contributed by atoms with van der Waals surface area (Å²) >= 11 is 0. The maximum Gasteiger partial charge on any atom is 0.356 e. The van der Waals surface area contributed by atoms with Crippen molar-refractivity contribution in [3.05, 3.63) is 52.0 Å². The summed E-state index contributed by atoms with van der Waals surface area (Å²) in [5, 5.41) is 0. The van der Waals surface area contributed by atoms with Gasteiger partial charge in [0.25, 0.3) is 0 Å². The first kappa shape index (κ1) is 16.3. The molecule has 0 radical (unpaired) electrons. The van der Waals surface area contributed by atoms with Gasteiger partial charge < -0.3 is 14.6 Å². The highest BCUT2D eigenvalue weighted by molar-refractivity contribution is 5.88. The van der Waals surface area contributed by atoms with E-state index in [0.29, 0.717) is 12.2 Å². The second-order valence-electron chi connectivity index (χ2n) is 5.66. The van der Waals surface area contributed by atoms with Crippen molar-refractivity contribution in [2.24, 2.45) is 0 Å². The van der Waals surface area contributed by atoms with Crippen LogP contribution >= 0.6 is 0 Å². The molecular weight excluding hydrogens is 315 g/mol. The minimum Gasteiger partial charge on any atom is -0.464 e. The molecule has 128 valence electrons. The van der Waals surface area contributed by atoms with Crippen molar-refractivity contribution in [1.82, 2.24) is 14.9 Å². The number of aromatic amines is 2. The number of H-pyrrole nitrogens is 2. The normalized spacial score (nSPS) is 15.5. The average molecular weight is 334 g/mol. The number of hydrogen-bond acceptors (Lipinski definition) is 5. The van der Waals surface area contributed by atoms with Crippen LogP contribution in [0.5, 0.6) is 0 Å². The lowest BCUT2D eigenvalue weighted by Crippen LogP contribution is -2.46. The number of anilines is 1. The third-order valence-electron chi connectivity index (χ3n) is 4.14. The molecule has 1 aromatic carbocycles. The SMILES string of the molecule is COC(=O)c1[nH]c(=O)[nH]c1CN1CCN(c2ccc(F)cc2)CC1. The zero-order valence-electron chi connectivity index (χ0n) is 13.3. The average Bonchev–Trinajstić information content (AvgIpc) is 2.96. The zero-order valence-corrected chi connectivity index (χ0v) is 13.3. The Morgan fingerprint density at radius 1 is 1.17 bits per heavy atom. The van der Waals surface area contributed by atoms with E-state index in [1.807, 2.05) is 0 Å². The van der Waals surface area contributed by atoms with Crippen LogP contribution in [0.25, 0.3) is 0 Å². The Morgan fingerprint density at radius 2 is 1.83 bits per heavy atom. The molecule has 0 saturated carbocycles. The summed E-state index contributed by atoms with van der Waals surface area (Å²) in [5.74, 6) is -0.808. The van der Waals surface area contributed by atoms with Gasteiger partial charge in [-0.1, -0.05) is 0 Å². The molecule has 0 atom stereocenters. The molecule has 1 aromatic heterocycles. The van der Waals surface area contributed by atoms with Gasteiger partial charge in [-0.2, -0.15) is 0 Å². The number of benzene rings is 1. The van der Waals surface area contributed by atoms with Crippen molar-refractivity contribution >= 4 is 11.7 Å². The van der Waals surface area contributed by atoms with E-state index in [-0.39, 0.29) is 11.5 Å². The van der Waals surface area contributed by atoms with Crippen molar-refractivity contribution in [3.8, 4) is 0 Å². The standard InChI is InChI=1S/C16H19FN4O3/c1-24-15(22)14-13(18-16(23)19-14)10-20-6-8-21(9-7-20)12-4-2-11(17)3-5-12/h2-5H,6-10H2,1H3,(H2,18,19,23). The molecule has 2 aromatic rings. The molecule has 24 heavy (non-hydrogen) atoms. The number of methoxy groups -OCH3 is 1. The minimum absolute atomic E-state index is 0.170. The van der Waals surface area contributed by atoms with Gasteiger partial charge in [0.2, 0.25) is 0 Å². The zero-order chi connectivity index (χ0) is 17.1. The Labute approximate surface area is 138 Å². The van der Waals surface area contributed by atoms with Gasteiger partial charge in [-0.15, -0.1) is 0 Å². The fourth-order valence-corrected chi connectivity index (χ4v) is 2.85. The Hall–Kier alpha value is -2.61. The van der Waals surface area contributed by atoms with Gasteiger partial charge in [-0.3, -0.25) is 9.88 Å². The number of nitrogens with zero attached hydrogens (tertiary/aromatic N) is 2. The Kier molecular flexibility index (Phi) is 4.66. The van der Waals surface area contributed by atoms with Crippen LogP contribution in [0, 0.1) is 5.82 Å². The molecule has 2 heterocycles.